The summed E-state index contributed by atoms with van der Waals surface area (Å²) in [6.07, 6.45) is 4.89. The zero-order chi connectivity index (χ0) is 24.2. The molecule has 0 saturated carbocycles. The summed E-state index contributed by atoms with van der Waals surface area (Å²) in [7, 11) is 3.78. The van der Waals surface area contributed by atoms with E-state index in [2.05, 4.69) is 5.32 Å². The molecular formula is C25H35FN4O3. The second-order valence-electron chi connectivity index (χ2n) is 9.67. The molecule has 7 nitrogen and oxygen atoms in total. The average molecular weight is 459 g/mol. The number of hydrogen-bond donors (Lipinski definition) is 1. The van der Waals surface area contributed by atoms with E-state index in [1.807, 2.05) is 38.9 Å². The van der Waals surface area contributed by atoms with E-state index in [9.17, 15) is 18.8 Å². The molecule has 2 aliphatic rings. The van der Waals surface area contributed by atoms with Crippen LogP contribution in [0.3, 0.4) is 0 Å². The number of nitrogens with zero attached hydrogens (tertiary/aromatic N) is 3. The van der Waals surface area contributed by atoms with Crippen molar-refractivity contribution in [1.29, 1.82) is 0 Å². The summed E-state index contributed by atoms with van der Waals surface area (Å²) in [5, 5.41) is 2.99. The van der Waals surface area contributed by atoms with Gasteiger partial charge in [0.2, 0.25) is 5.91 Å². The van der Waals surface area contributed by atoms with Crippen molar-refractivity contribution in [2.24, 2.45) is 11.8 Å². The molecule has 0 aromatic heterocycles. The quantitative estimate of drug-likeness (QED) is 0.480. The van der Waals surface area contributed by atoms with Crippen LogP contribution >= 0.6 is 0 Å². The molecule has 2 saturated heterocycles. The van der Waals surface area contributed by atoms with Crippen LogP contribution in [-0.4, -0.2) is 78.4 Å². The summed E-state index contributed by atoms with van der Waals surface area (Å²) < 4.78 is 13.9. The van der Waals surface area contributed by atoms with Crippen LogP contribution in [0.4, 0.5) is 9.18 Å². The average Bonchev–Trinajstić information content (AvgIpc) is 3.00. The normalized spacial score (nSPS) is 22.2. The standard InChI is InChI=1S/C25H35FN4O3/c1-18(2)8-9-22(31)29-12-10-20(11-13-29)25(17-19-6-5-7-21(26)16-19)23(32)30(24(33)27-25)15-14-28(3)4/h5-9,16,18,20H,10-15,17H2,1-4H3,(H,27,33). The summed E-state index contributed by atoms with van der Waals surface area (Å²) in [6.45, 7) is 5.91. The number of benzene rings is 1. The lowest BCUT2D eigenvalue weighted by atomic mass is 9.74. The molecule has 33 heavy (non-hydrogen) atoms. The Kier molecular flexibility index (Phi) is 7.89. The third-order valence-electron chi connectivity index (χ3n) is 6.47. The van der Waals surface area contributed by atoms with E-state index in [0.717, 1.165) is 0 Å². The Balaban J connectivity index is 1.82. The van der Waals surface area contributed by atoms with Crippen molar-refractivity contribution in [2.45, 2.75) is 38.6 Å². The molecule has 3 rings (SSSR count). The number of likely N-dealkylation sites (tertiary alicyclic amines) is 1. The van der Waals surface area contributed by atoms with Gasteiger partial charge in [-0.15, -0.1) is 0 Å². The van der Waals surface area contributed by atoms with Crippen LogP contribution in [-0.2, 0) is 16.0 Å². The maximum Gasteiger partial charge on any atom is 0.325 e. The van der Waals surface area contributed by atoms with Gasteiger partial charge >= 0.3 is 6.03 Å². The fraction of sp³-hybridized carbons (Fsp3) is 0.560. The Bertz CT molecular complexity index is 909. The van der Waals surface area contributed by atoms with Crippen LogP contribution in [0.1, 0.15) is 32.3 Å². The number of likely N-dealkylation sites (N-methyl/N-ethyl adjacent to an activating group) is 1. The first-order valence-corrected chi connectivity index (χ1v) is 11.6. The first-order valence-electron chi connectivity index (χ1n) is 11.6. The van der Waals surface area contributed by atoms with Gasteiger partial charge < -0.3 is 15.1 Å². The Morgan fingerprint density at radius 3 is 2.58 bits per heavy atom. The van der Waals surface area contributed by atoms with Gasteiger partial charge in [0.1, 0.15) is 11.4 Å². The highest BCUT2D eigenvalue weighted by Gasteiger charge is 2.55. The molecule has 1 aromatic carbocycles. The highest BCUT2D eigenvalue weighted by molar-refractivity contribution is 6.07. The Morgan fingerprint density at radius 2 is 1.97 bits per heavy atom. The third-order valence-corrected chi connectivity index (χ3v) is 6.47. The van der Waals surface area contributed by atoms with Crippen molar-refractivity contribution < 1.29 is 18.8 Å². The molecule has 0 radical (unpaired) electrons. The van der Waals surface area contributed by atoms with Crippen LogP contribution in [0, 0.1) is 17.7 Å². The number of carbonyl (C=O) groups is 3. The molecule has 2 aliphatic heterocycles. The Hall–Kier alpha value is -2.74. The van der Waals surface area contributed by atoms with Gasteiger partial charge in [-0.25, -0.2) is 9.18 Å². The number of urea groups is 1. The van der Waals surface area contributed by atoms with Crippen molar-refractivity contribution >= 4 is 17.8 Å². The van der Waals surface area contributed by atoms with Crippen LogP contribution in [0.2, 0.25) is 0 Å². The van der Waals surface area contributed by atoms with Gasteiger partial charge in [0.15, 0.2) is 0 Å². The number of hydrogen-bond acceptors (Lipinski definition) is 4. The summed E-state index contributed by atoms with van der Waals surface area (Å²) in [5.74, 6) is -0.528. The predicted molar refractivity (Wildman–Crippen MR) is 125 cm³/mol. The number of halogens is 1. The minimum atomic E-state index is -1.14. The smallest absolute Gasteiger partial charge is 0.325 e. The van der Waals surface area contributed by atoms with Crippen LogP contribution < -0.4 is 5.32 Å². The monoisotopic (exact) mass is 458 g/mol. The molecule has 1 unspecified atom stereocenters. The number of carbonyl (C=O) groups excluding carboxylic acids is 3. The SMILES string of the molecule is CC(C)C=CC(=O)N1CCC(C2(Cc3cccc(F)c3)NC(=O)N(CCN(C)C)C2=O)CC1. The molecule has 0 spiro atoms. The molecule has 0 bridgehead atoms. The van der Waals surface area contributed by atoms with E-state index in [1.54, 1.807) is 23.1 Å². The Morgan fingerprint density at radius 1 is 1.27 bits per heavy atom. The van der Waals surface area contributed by atoms with Crippen LogP contribution in [0.15, 0.2) is 36.4 Å². The highest BCUT2D eigenvalue weighted by atomic mass is 19.1. The topological polar surface area (TPSA) is 73.0 Å². The number of imide groups is 1. The van der Waals surface area contributed by atoms with Crippen molar-refractivity contribution in [3.05, 3.63) is 47.8 Å². The van der Waals surface area contributed by atoms with Gasteiger partial charge in [-0.1, -0.05) is 32.1 Å². The van der Waals surface area contributed by atoms with Crippen LogP contribution in [0.25, 0.3) is 0 Å². The van der Waals surface area contributed by atoms with Gasteiger partial charge in [0, 0.05) is 32.6 Å². The second kappa shape index (κ2) is 10.5. The summed E-state index contributed by atoms with van der Waals surface area (Å²) in [6, 6.07) is 5.77. The molecule has 2 fully saturated rings. The molecule has 180 valence electrons. The van der Waals surface area contributed by atoms with Gasteiger partial charge in [-0.3, -0.25) is 14.5 Å². The number of amides is 4. The molecule has 4 amide bonds. The van der Waals surface area contributed by atoms with Gasteiger partial charge in [0.05, 0.1) is 0 Å². The van der Waals surface area contributed by atoms with Crippen molar-refractivity contribution in [3.8, 4) is 0 Å². The van der Waals surface area contributed by atoms with Gasteiger partial charge in [-0.2, -0.15) is 0 Å². The summed E-state index contributed by atoms with van der Waals surface area (Å²) in [4.78, 5) is 44.0. The van der Waals surface area contributed by atoms with Gasteiger partial charge in [-0.05, 0) is 62.5 Å². The van der Waals surface area contributed by atoms with E-state index < -0.39 is 11.6 Å². The minimum Gasteiger partial charge on any atom is -0.339 e. The van der Waals surface area contributed by atoms with Crippen molar-refractivity contribution in [1.82, 2.24) is 20.0 Å². The largest absolute Gasteiger partial charge is 0.339 e. The lowest BCUT2D eigenvalue weighted by Crippen LogP contribution is -2.58. The van der Waals surface area contributed by atoms with Crippen molar-refractivity contribution in [3.63, 3.8) is 0 Å². The van der Waals surface area contributed by atoms with E-state index in [4.69, 9.17) is 0 Å². The minimum absolute atomic E-state index is 0.0317. The lowest BCUT2D eigenvalue weighted by Gasteiger charge is -2.41. The maximum absolute atomic E-state index is 13.9. The van der Waals surface area contributed by atoms with E-state index in [-0.39, 0.29) is 30.0 Å². The van der Waals surface area contributed by atoms with Gasteiger partial charge in [0.25, 0.3) is 5.91 Å². The molecular weight excluding hydrogens is 423 g/mol. The molecule has 1 atom stereocenters. The number of rotatable bonds is 8. The molecule has 0 aliphatic carbocycles. The zero-order valence-corrected chi connectivity index (χ0v) is 20.0. The van der Waals surface area contributed by atoms with E-state index in [0.29, 0.717) is 50.5 Å². The first kappa shape index (κ1) is 24.9. The number of nitrogens with one attached hydrogen (secondary N) is 1. The lowest BCUT2D eigenvalue weighted by molar-refractivity contribution is -0.134. The maximum atomic E-state index is 13.9. The molecule has 1 aromatic rings. The fourth-order valence-electron chi connectivity index (χ4n) is 4.63. The number of piperidine rings is 1. The Labute approximate surface area is 195 Å². The fourth-order valence-corrected chi connectivity index (χ4v) is 4.63. The number of allylic oxidation sites excluding steroid dienone is 1. The second-order valence-corrected chi connectivity index (χ2v) is 9.67. The third kappa shape index (κ3) is 5.79. The van der Waals surface area contributed by atoms with E-state index >= 15 is 0 Å². The summed E-state index contributed by atoms with van der Waals surface area (Å²) >= 11 is 0. The molecule has 8 heteroatoms. The van der Waals surface area contributed by atoms with Crippen LogP contribution in [0.5, 0.6) is 0 Å². The zero-order valence-electron chi connectivity index (χ0n) is 20.0. The molecule has 2 heterocycles. The summed E-state index contributed by atoms with van der Waals surface area (Å²) in [5.41, 5.74) is -0.475. The van der Waals surface area contributed by atoms with Crippen molar-refractivity contribution in [2.75, 3.05) is 40.3 Å². The van der Waals surface area contributed by atoms with E-state index in [1.165, 1.54) is 17.0 Å². The predicted octanol–water partition coefficient (Wildman–Crippen LogP) is 2.67. The highest BCUT2D eigenvalue weighted by Crippen LogP contribution is 2.36. The first-order chi connectivity index (χ1) is 15.6. The molecule has 1 N–H and O–H groups in total.